The van der Waals surface area contributed by atoms with Crippen LogP contribution in [0.15, 0.2) is 36.4 Å². The highest BCUT2D eigenvalue weighted by Crippen LogP contribution is 2.55. The third-order valence-electron chi connectivity index (χ3n) is 16.1. The maximum absolute atomic E-state index is 15.3. The van der Waals surface area contributed by atoms with Crippen LogP contribution in [0, 0.1) is 71.0 Å². The van der Waals surface area contributed by atoms with Crippen molar-refractivity contribution in [3.8, 4) is 11.5 Å². The zero-order valence-corrected chi connectivity index (χ0v) is 42.9. The molecule has 13 atom stereocenters. The van der Waals surface area contributed by atoms with Crippen molar-refractivity contribution in [2.45, 2.75) is 191 Å². The molecule has 4 fully saturated rings. The van der Waals surface area contributed by atoms with Gasteiger partial charge in [-0.2, -0.15) is 0 Å². The minimum atomic E-state index is -1.81. The summed E-state index contributed by atoms with van der Waals surface area (Å²) in [5.41, 5.74) is 3.08. The summed E-state index contributed by atoms with van der Waals surface area (Å²) in [6.07, 6.45) is 14.2. The first-order valence-electron chi connectivity index (χ1n) is 25.5. The van der Waals surface area contributed by atoms with Gasteiger partial charge in [-0.25, -0.2) is 0 Å². The fraction of sp³-hybridized carbons (Fsp3) is 0.759. The Hall–Kier alpha value is -1.59. The van der Waals surface area contributed by atoms with Crippen LogP contribution in [0.3, 0.4) is 0 Å². The molecule has 0 amide bonds. The van der Waals surface area contributed by atoms with Crippen molar-refractivity contribution in [3.05, 3.63) is 58.7 Å². The van der Waals surface area contributed by atoms with E-state index < -0.39 is 17.2 Å². The van der Waals surface area contributed by atoms with Crippen LogP contribution in [0.1, 0.15) is 187 Å². The van der Waals surface area contributed by atoms with Crippen LogP contribution < -0.4 is 9.05 Å². The molecule has 2 aromatic carbocycles. The third kappa shape index (κ3) is 12.1. The van der Waals surface area contributed by atoms with Gasteiger partial charge in [0.15, 0.2) is 0 Å². The molecule has 0 radical (unpaired) electrons. The van der Waals surface area contributed by atoms with Gasteiger partial charge in [-0.15, -0.1) is 0 Å². The van der Waals surface area contributed by atoms with Crippen LogP contribution in [0.25, 0.3) is 0 Å². The molecule has 0 heterocycles. The Bertz CT molecular complexity index is 1600. The predicted octanol–water partition coefficient (Wildman–Crippen LogP) is 15.9. The highest BCUT2D eigenvalue weighted by atomic mass is 31.2. The monoisotopic (exact) mass is 907 g/mol. The van der Waals surface area contributed by atoms with Crippen molar-refractivity contribution in [2.24, 2.45) is 71.0 Å². The lowest BCUT2D eigenvalue weighted by molar-refractivity contribution is -0.00315. The maximum Gasteiger partial charge on any atom is 0.397 e. The Balaban J connectivity index is 1.21. The van der Waals surface area contributed by atoms with Gasteiger partial charge in [0.1, 0.15) is 11.5 Å². The number of hydrogen-bond acceptors (Lipinski definition) is 7. The van der Waals surface area contributed by atoms with Gasteiger partial charge in [-0.05, 0) is 152 Å². The second-order valence-corrected chi connectivity index (χ2v) is 24.7. The van der Waals surface area contributed by atoms with Crippen molar-refractivity contribution in [2.75, 3.05) is 0 Å². The lowest BCUT2D eigenvalue weighted by atomic mass is 9.75. The molecule has 9 heteroatoms. The Morgan fingerprint density at radius 2 is 0.730 bits per heavy atom. The molecular weight excluding hydrogens is 823 g/mol. The summed E-state index contributed by atoms with van der Waals surface area (Å²) in [5, 5.41) is 0. The summed E-state index contributed by atoms with van der Waals surface area (Å²) >= 11 is 0. The highest BCUT2D eigenvalue weighted by Gasteiger charge is 2.43. The largest absolute Gasteiger partial charge is 0.426 e. The van der Waals surface area contributed by atoms with Gasteiger partial charge in [-0.1, -0.05) is 133 Å². The van der Waals surface area contributed by atoms with Gasteiger partial charge in [0.05, 0.1) is 35.5 Å². The molecule has 0 aromatic heterocycles. The molecular formula is C54H84O7P2. The summed E-state index contributed by atoms with van der Waals surface area (Å²) in [4.78, 5) is 15.3. The molecule has 5 aliphatic rings. The summed E-state index contributed by atoms with van der Waals surface area (Å²) in [6.45, 7) is 27.9. The molecule has 63 heavy (non-hydrogen) atoms. The lowest BCUT2D eigenvalue weighted by Gasteiger charge is -2.41. The second kappa shape index (κ2) is 22.0. The van der Waals surface area contributed by atoms with E-state index in [9.17, 15) is 0 Å². The summed E-state index contributed by atoms with van der Waals surface area (Å²) < 4.78 is 42.7. The number of ketones is 1. The fourth-order valence-electron chi connectivity index (χ4n) is 12.1. The number of benzene rings is 2. The predicted molar refractivity (Wildman–Crippen MR) is 259 cm³/mol. The van der Waals surface area contributed by atoms with E-state index in [1.807, 2.05) is 24.3 Å². The average Bonchev–Trinajstić information content (AvgIpc) is 3.20. The molecule has 7 nitrogen and oxygen atoms in total. The van der Waals surface area contributed by atoms with E-state index in [2.05, 4.69) is 95.2 Å². The molecule has 0 saturated heterocycles. The minimum absolute atomic E-state index is 0.0403. The molecule has 0 aliphatic heterocycles. The molecule has 352 valence electrons. The number of hydrogen-bond donors (Lipinski definition) is 0. The molecule has 2 aromatic rings. The van der Waals surface area contributed by atoms with Gasteiger partial charge >= 0.3 is 17.2 Å². The molecule has 0 bridgehead atoms. The van der Waals surface area contributed by atoms with Crippen molar-refractivity contribution < 1.29 is 31.9 Å². The van der Waals surface area contributed by atoms with E-state index in [0.29, 0.717) is 100 Å². The van der Waals surface area contributed by atoms with Crippen LogP contribution in [-0.4, -0.2) is 30.2 Å². The minimum Gasteiger partial charge on any atom is -0.426 e. The van der Waals surface area contributed by atoms with Gasteiger partial charge in [-0.3, -0.25) is 22.9 Å². The van der Waals surface area contributed by atoms with Crippen molar-refractivity contribution >= 4 is 23.0 Å². The number of carbonyl (C=O) groups excluding carboxylic acids is 1. The van der Waals surface area contributed by atoms with Gasteiger partial charge < -0.3 is 9.05 Å². The van der Waals surface area contributed by atoms with E-state index in [-0.39, 0.29) is 30.2 Å². The van der Waals surface area contributed by atoms with Crippen LogP contribution in [0.2, 0.25) is 0 Å². The number of fused-ring (bicyclic) bond motifs is 2. The molecule has 0 N–H and O–H groups in total. The zero-order valence-electron chi connectivity index (χ0n) is 41.1. The van der Waals surface area contributed by atoms with Gasteiger partial charge in [0, 0.05) is 0 Å². The first-order valence-corrected chi connectivity index (χ1v) is 27.7. The molecule has 5 aliphatic carbocycles. The molecule has 0 spiro atoms. The number of carbonyl (C=O) groups is 1. The van der Waals surface area contributed by atoms with E-state index in [1.165, 1.54) is 25.7 Å². The summed E-state index contributed by atoms with van der Waals surface area (Å²) in [6, 6.07) is 12.1. The van der Waals surface area contributed by atoms with Crippen molar-refractivity contribution in [1.29, 1.82) is 0 Å². The number of rotatable bonds is 16. The topological polar surface area (TPSA) is 72.5 Å². The van der Waals surface area contributed by atoms with E-state index in [4.69, 9.17) is 27.1 Å². The standard InChI is InChI=1S/C54H84O7P2/c1-32(2)42-23-19-36(9)27-48(42)58-62(59-49-28-37(10)20-24-43(49)33(3)4)56-46-17-13-15-40-31-41-16-14-18-47(53(41)54(55)52(40)46)57-63(60-50-29-38(11)21-25-44(50)34(5)6)61-51-30-39(12)22-26-45(51)35(7)8/h13-18,32-39,42-45,48-51H,19-31H2,1-12H3/t36-,37-,38-,39-,42+,43+,44+,45?,48-,49-,50-,51-,63?/m1/s1. The van der Waals surface area contributed by atoms with Crippen LogP contribution in [0.5, 0.6) is 11.5 Å². The van der Waals surface area contributed by atoms with E-state index in [0.717, 1.165) is 62.5 Å². The average molecular weight is 907 g/mol. The second-order valence-electron chi connectivity index (χ2n) is 22.6. The quantitative estimate of drug-likeness (QED) is 0.133. The Morgan fingerprint density at radius 3 is 1.00 bits per heavy atom. The Kier molecular flexibility index (Phi) is 17.2. The van der Waals surface area contributed by atoms with Crippen LogP contribution in [0.4, 0.5) is 0 Å². The maximum atomic E-state index is 15.3. The Morgan fingerprint density at radius 1 is 0.444 bits per heavy atom. The molecule has 4 saturated carbocycles. The SMILES string of the molecule is CC(C)C1CC[C@@H](C)C[C@H]1OP(Oc1cccc2c1C(=O)c1c(cccc1OP(O[C@@H]1C[C@H](C)CC[C@H]1C(C)C)O[C@@H]1C[C@H](C)CC[C@H]1C(C)C)C2)O[C@@H]1C[C@H](C)CC[C@H]1C(C)C. The smallest absolute Gasteiger partial charge is 0.397 e. The Labute approximate surface area is 385 Å². The third-order valence-corrected chi connectivity index (χ3v) is 18.6. The van der Waals surface area contributed by atoms with E-state index >= 15 is 4.79 Å². The summed E-state index contributed by atoms with van der Waals surface area (Å²) in [5.74, 6) is 7.02. The van der Waals surface area contributed by atoms with Crippen LogP contribution in [-0.2, 0) is 24.5 Å². The first kappa shape index (κ1) is 49.3. The van der Waals surface area contributed by atoms with E-state index in [1.54, 1.807) is 0 Å². The molecule has 2 unspecified atom stereocenters. The normalized spacial score (nSPS) is 33.2. The van der Waals surface area contributed by atoms with Gasteiger partial charge in [0.2, 0.25) is 5.78 Å². The highest BCUT2D eigenvalue weighted by molar-refractivity contribution is 7.42. The summed E-state index contributed by atoms with van der Waals surface area (Å²) in [7, 11) is -3.63. The lowest BCUT2D eigenvalue weighted by Crippen LogP contribution is -2.36. The molecule has 7 rings (SSSR count). The van der Waals surface area contributed by atoms with Crippen molar-refractivity contribution in [1.82, 2.24) is 0 Å². The van der Waals surface area contributed by atoms with Gasteiger partial charge in [0.25, 0.3) is 0 Å². The van der Waals surface area contributed by atoms with Crippen LogP contribution >= 0.6 is 17.2 Å². The van der Waals surface area contributed by atoms with Crippen molar-refractivity contribution in [3.63, 3.8) is 0 Å². The fourth-order valence-corrected chi connectivity index (χ4v) is 14.9. The zero-order chi connectivity index (χ0) is 45.1. The first-order chi connectivity index (χ1) is 30.1.